The maximum atomic E-state index is 12.1. The monoisotopic (exact) mass is 358 g/mol. The lowest BCUT2D eigenvalue weighted by molar-refractivity contribution is -0.125. The Morgan fingerprint density at radius 1 is 1.39 bits per heavy atom. The second-order valence-corrected chi connectivity index (χ2v) is 5.23. The zero-order chi connectivity index (χ0) is 15.9. The van der Waals surface area contributed by atoms with Crippen molar-refractivity contribution in [3.63, 3.8) is 0 Å². The van der Waals surface area contributed by atoms with Gasteiger partial charge in [0.25, 0.3) is 0 Å². The number of nitrogens with zero attached hydrogens (tertiary/aromatic N) is 4. The predicted molar refractivity (Wildman–Crippen MR) is 91.5 cm³/mol. The molecule has 0 spiro atoms. The van der Waals surface area contributed by atoms with Gasteiger partial charge in [0.15, 0.2) is 6.04 Å². The van der Waals surface area contributed by atoms with Crippen molar-refractivity contribution in [3.05, 3.63) is 29.3 Å². The molecule has 1 heterocycles. The van der Waals surface area contributed by atoms with E-state index in [1.54, 1.807) is 12.1 Å². The highest BCUT2D eigenvalue weighted by atomic mass is 35.5. The molecule has 1 unspecified atom stereocenters. The first-order valence-corrected chi connectivity index (χ1v) is 7.56. The molecule has 1 atom stereocenters. The van der Waals surface area contributed by atoms with Crippen LogP contribution in [0, 0.1) is 0 Å². The molecule has 0 aliphatic carbocycles. The number of carbonyl (C=O) groups excluding carboxylic acids is 1. The molecule has 0 radical (unpaired) electrons. The van der Waals surface area contributed by atoms with E-state index >= 15 is 0 Å². The van der Waals surface area contributed by atoms with Gasteiger partial charge in [-0.25, -0.2) is 0 Å². The SMILES string of the molecule is CCC(C(=O)NCCCN)n1nnc(-c2ccc(Cl)cc2)n1.Cl. The number of hydrogen-bond donors (Lipinski definition) is 2. The fourth-order valence-corrected chi connectivity index (χ4v) is 2.08. The van der Waals surface area contributed by atoms with E-state index in [1.807, 2.05) is 19.1 Å². The molecule has 0 bridgehead atoms. The first-order chi connectivity index (χ1) is 10.7. The maximum Gasteiger partial charge on any atom is 0.246 e. The molecule has 2 aromatic rings. The second-order valence-electron chi connectivity index (χ2n) is 4.80. The first kappa shape index (κ1) is 19.3. The fourth-order valence-electron chi connectivity index (χ4n) is 1.96. The molecule has 1 amide bonds. The van der Waals surface area contributed by atoms with Crippen LogP contribution in [-0.2, 0) is 4.79 Å². The molecule has 0 fully saturated rings. The summed E-state index contributed by atoms with van der Waals surface area (Å²) in [5.41, 5.74) is 6.21. The van der Waals surface area contributed by atoms with E-state index in [0.29, 0.717) is 30.4 Å². The Morgan fingerprint density at radius 3 is 2.70 bits per heavy atom. The Bertz CT molecular complexity index is 616. The second kappa shape index (κ2) is 9.44. The van der Waals surface area contributed by atoms with Crippen molar-refractivity contribution < 1.29 is 4.79 Å². The third kappa shape index (κ3) is 5.16. The van der Waals surface area contributed by atoms with Gasteiger partial charge in [-0.2, -0.15) is 4.80 Å². The van der Waals surface area contributed by atoms with Crippen LogP contribution >= 0.6 is 24.0 Å². The minimum atomic E-state index is -0.480. The standard InChI is InChI=1S/C14H19ClN6O.ClH/c1-2-12(14(22)17-9-3-8-16)21-19-13(18-20-21)10-4-6-11(15)7-5-10;/h4-7,12H,2-3,8-9,16H2,1H3,(H,17,22);1H. The summed E-state index contributed by atoms with van der Waals surface area (Å²) < 4.78 is 0. The van der Waals surface area contributed by atoms with Crippen LogP contribution in [0.4, 0.5) is 0 Å². The highest BCUT2D eigenvalue weighted by Crippen LogP contribution is 2.18. The summed E-state index contributed by atoms with van der Waals surface area (Å²) in [5, 5.41) is 15.8. The van der Waals surface area contributed by atoms with Crippen LogP contribution in [0.1, 0.15) is 25.8 Å². The number of benzene rings is 1. The van der Waals surface area contributed by atoms with Crippen LogP contribution in [0.3, 0.4) is 0 Å². The highest BCUT2D eigenvalue weighted by Gasteiger charge is 2.21. The number of carbonyl (C=O) groups is 1. The van der Waals surface area contributed by atoms with Gasteiger partial charge < -0.3 is 11.1 Å². The van der Waals surface area contributed by atoms with Crippen LogP contribution in [0.25, 0.3) is 11.4 Å². The first-order valence-electron chi connectivity index (χ1n) is 7.19. The topological polar surface area (TPSA) is 98.7 Å². The van der Waals surface area contributed by atoms with Gasteiger partial charge in [0, 0.05) is 17.1 Å². The number of tetrazole rings is 1. The normalized spacial score (nSPS) is 11.6. The minimum Gasteiger partial charge on any atom is -0.354 e. The summed E-state index contributed by atoms with van der Waals surface area (Å²) in [6.45, 7) is 2.99. The number of aromatic nitrogens is 4. The van der Waals surface area contributed by atoms with Crippen molar-refractivity contribution >= 4 is 29.9 Å². The molecular formula is C14H20Cl2N6O. The molecule has 2 rings (SSSR count). The van der Waals surface area contributed by atoms with E-state index in [2.05, 4.69) is 20.7 Å². The zero-order valence-corrected chi connectivity index (χ0v) is 14.3. The summed E-state index contributed by atoms with van der Waals surface area (Å²) >= 11 is 5.86. The van der Waals surface area contributed by atoms with Crippen LogP contribution in [0.5, 0.6) is 0 Å². The fraction of sp³-hybridized carbons (Fsp3) is 0.429. The van der Waals surface area contributed by atoms with Crippen molar-refractivity contribution in [3.8, 4) is 11.4 Å². The third-order valence-electron chi connectivity index (χ3n) is 3.18. The summed E-state index contributed by atoms with van der Waals surface area (Å²) in [5.74, 6) is 0.334. The van der Waals surface area contributed by atoms with Crippen molar-refractivity contribution in [2.45, 2.75) is 25.8 Å². The Morgan fingerprint density at radius 2 is 2.09 bits per heavy atom. The van der Waals surface area contributed by atoms with Crippen molar-refractivity contribution in [1.29, 1.82) is 0 Å². The lowest BCUT2D eigenvalue weighted by atomic mass is 10.2. The number of nitrogens with one attached hydrogen (secondary N) is 1. The number of nitrogens with two attached hydrogens (primary N) is 1. The molecule has 0 aliphatic rings. The van der Waals surface area contributed by atoms with E-state index in [-0.39, 0.29) is 18.3 Å². The average molecular weight is 359 g/mol. The van der Waals surface area contributed by atoms with Crippen LogP contribution in [0.2, 0.25) is 5.02 Å². The van der Waals surface area contributed by atoms with Gasteiger partial charge in [-0.3, -0.25) is 4.79 Å². The van der Waals surface area contributed by atoms with Crippen molar-refractivity contribution in [2.75, 3.05) is 13.1 Å². The van der Waals surface area contributed by atoms with Crippen molar-refractivity contribution in [1.82, 2.24) is 25.5 Å². The highest BCUT2D eigenvalue weighted by molar-refractivity contribution is 6.30. The molecule has 9 heteroatoms. The average Bonchev–Trinajstić information content (AvgIpc) is 2.98. The molecule has 3 N–H and O–H groups in total. The Labute approximate surface area is 146 Å². The van der Waals surface area contributed by atoms with E-state index < -0.39 is 6.04 Å². The van der Waals surface area contributed by atoms with Gasteiger partial charge in [-0.05, 0) is 48.9 Å². The van der Waals surface area contributed by atoms with E-state index in [4.69, 9.17) is 17.3 Å². The van der Waals surface area contributed by atoms with Gasteiger partial charge in [0.2, 0.25) is 11.7 Å². The predicted octanol–water partition coefficient (Wildman–Crippen LogP) is 1.83. The number of amides is 1. The van der Waals surface area contributed by atoms with Crippen LogP contribution in [-0.4, -0.2) is 39.2 Å². The molecule has 0 aliphatic heterocycles. The Kier molecular flexibility index (Phi) is 7.94. The van der Waals surface area contributed by atoms with Gasteiger partial charge in [-0.1, -0.05) is 18.5 Å². The summed E-state index contributed by atoms with van der Waals surface area (Å²) in [7, 11) is 0. The summed E-state index contributed by atoms with van der Waals surface area (Å²) in [4.78, 5) is 13.5. The Balaban J connectivity index is 0.00000264. The summed E-state index contributed by atoms with van der Waals surface area (Å²) in [6, 6.07) is 6.66. The van der Waals surface area contributed by atoms with Gasteiger partial charge >= 0.3 is 0 Å². The molecule has 126 valence electrons. The van der Waals surface area contributed by atoms with Crippen molar-refractivity contribution in [2.24, 2.45) is 5.73 Å². The molecule has 23 heavy (non-hydrogen) atoms. The van der Waals surface area contributed by atoms with Gasteiger partial charge in [0.1, 0.15) is 0 Å². The molecular weight excluding hydrogens is 339 g/mol. The molecule has 7 nitrogen and oxygen atoms in total. The molecule has 1 aromatic heterocycles. The zero-order valence-electron chi connectivity index (χ0n) is 12.8. The summed E-state index contributed by atoms with van der Waals surface area (Å²) in [6.07, 6.45) is 1.31. The molecule has 0 saturated carbocycles. The van der Waals surface area contributed by atoms with E-state index in [0.717, 1.165) is 12.0 Å². The molecule has 1 aromatic carbocycles. The van der Waals surface area contributed by atoms with E-state index in [1.165, 1.54) is 4.80 Å². The third-order valence-corrected chi connectivity index (χ3v) is 3.43. The van der Waals surface area contributed by atoms with Gasteiger partial charge in [0.05, 0.1) is 0 Å². The number of rotatable bonds is 7. The van der Waals surface area contributed by atoms with E-state index in [9.17, 15) is 4.79 Å². The van der Waals surface area contributed by atoms with Gasteiger partial charge in [-0.15, -0.1) is 22.6 Å². The van der Waals surface area contributed by atoms with Crippen LogP contribution in [0.15, 0.2) is 24.3 Å². The number of halogens is 2. The quantitative estimate of drug-likeness (QED) is 0.735. The Hall–Kier alpha value is -1.70. The lowest BCUT2D eigenvalue weighted by Gasteiger charge is -2.13. The molecule has 0 saturated heterocycles. The largest absolute Gasteiger partial charge is 0.354 e. The smallest absolute Gasteiger partial charge is 0.246 e. The van der Waals surface area contributed by atoms with Crippen LogP contribution < -0.4 is 11.1 Å². The lowest BCUT2D eigenvalue weighted by Crippen LogP contribution is -2.34. The minimum absolute atomic E-state index is 0. The number of hydrogen-bond acceptors (Lipinski definition) is 5. The maximum absolute atomic E-state index is 12.1.